The molecule has 98 valence electrons. The zero-order valence-corrected chi connectivity index (χ0v) is 10.2. The molecule has 0 saturated heterocycles. The predicted octanol–water partition coefficient (Wildman–Crippen LogP) is 2.04. The lowest BCUT2D eigenvalue weighted by Crippen LogP contribution is -2.31. The second-order valence-electron chi connectivity index (χ2n) is 3.94. The first kappa shape index (κ1) is 14.2. The highest BCUT2D eigenvalue weighted by atomic mass is 19.1. The lowest BCUT2D eigenvalue weighted by Gasteiger charge is -2.21. The molecule has 0 unspecified atom stereocenters. The van der Waals surface area contributed by atoms with E-state index in [0.717, 1.165) is 5.56 Å². The SMILES string of the molecule is CCC(=O)N(CCC(=O)O)Cc1ccc(F)cc1. The first-order chi connectivity index (χ1) is 8.52. The molecule has 1 amide bonds. The van der Waals surface area contributed by atoms with E-state index in [-0.39, 0.29) is 24.7 Å². The molecule has 0 radical (unpaired) electrons. The van der Waals surface area contributed by atoms with Crippen LogP contribution in [-0.2, 0) is 16.1 Å². The third-order valence-electron chi connectivity index (χ3n) is 2.54. The van der Waals surface area contributed by atoms with Gasteiger partial charge >= 0.3 is 5.97 Å². The van der Waals surface area contributed by atoms with Gasteiger partial charge < -0.3 is 10.0 Å². The lowest BCUT2D eigenvalue weighted by molar-refractivity contribution is -0.138. The quantitative estimate of drug-likeness (QED) is 0.844. The number of aliphatic carboxylic acids is 1. The highest BCUT2D eigenvalue weighted by Gasteiger charge is 2.13. The minimum atomic E-state index is -0.942. The Morgan fingerprint density at radius 2 is 1.89 bits per heavy atom. The van der Waals surface area contributed by atoms with E-state index in [1.807, 2.05) is 0 Å². The highest BCUT2D eigenvalue weighted by Crippen LogP contribution is 2.08. The fraction of sp³-hybridized carbons (Fsp3) is 0.385. The van der Waals surface area contributed by atoms with Crippen LogP contribution in [0.3, 0.4) is 0 Å². The van der Waals surface area contributed by atoms with Crippen LogP contribution in [0.1, 0.15) is 25.3 Å². The fourth-order valence-electron chi connectivity index (χ4n) is 1.56. The van der Waals surface area contributed by atoms with Crippen LogP contribution in [0.2, 0.25) is 0 Å². The molecule has 0 spiro atoms. The average molecular weight is 253 g/mol. The van der Waals surface area contributed by atoms with Gasteiger partial charge in [0.25, 0.3) is 0 Å². The van der Waals surface area contributed by atoms with Crippen molar-refractivity contribution >= 4 is 11.9 Å². The van der Waals surface area contributed by atoms with Crippen molar-refractivity contribution in [2.75, 3.05) is 6.54 Å². The molecule has 0 aliphatic heterocycles. The number of carbonyl (C=O) groups excluding carboxylic acids is 1. The van der Waals surface area contributed by atoms with Crippen molar-refractivity contribution in [2.45, 2.75) is 26.3 Å². The number of hydrogen-bond donors (Lipinski definition) is 1. The summed E-state index contributed by atoms with van der Waals surface area (Å²) < 4.78 is 12.7. The Morgan fingerprint density at radius 1 is 1.28 bits per heavy atom. The van der Waals surface area contributed by atoms with Crippen LogP contribution in [0.15, 0.2) is 24.3 Å². The summed E-state index contributed by atoms with van der Waals surface area (Å²) in [4.78, 5) is 23.7. The summed E-state index contributed by atoms with van der Waals surface area (Å²) in [6, 6.07) is 5.82. The molecule has 1 rings (SSSR count). The molecule has 0 atom stereocenters. The Hall–Kier alpha value is -1.91. The number of carboxylic acid groups (broad SMARTS) is 1. The van der Waals surface area contributed by atoms with E-state index in [4.69, 9.17) is 5.11 Å². The maximum atomic E-state index is 12.7. The molecule has 0 saturated carbocycles. The summed E-state index contributed by atoms with van der Waals surface area (Å²) in [6.45, 7) is 2.19. The molecule has 4 nitrogen and oxygen atoms in total. The normalized spacial score (nSPS) is 10.1. The van der Waals surface area contributed by atoms with Gasteiger partial charge in [0.1, 0.15) is 5.82 Å². The van der Waals surface area contributed by atoms with Crippen molar-refractivity contribution in [1.82, 2.24) is 4.90 Å². The number of nitrogens with zero attached hydrogens (tertiary/aromatic N) is 1. The molecule has 0 fully saturated rings. The summed E-state index contributed by atoms with van der Waals surface area (Å²) in [5.74, 6) is -1.39. The molecule has 5 heteroatoms. The Morgan fingerprint density at radius 3 is 2.39 bits per heavy atom. The lowest BCUT2D eigenvalue weighted by atomic mass is 10.2. The second-order valence-corrected chi connectivity index (χ2v) is 3.94. The van der Waals surface area contributed by atoms with Gasteiger partial charge in [0.2, 0.25) is 5.91 Å². The van der Waals surface area contributed by atoms with E-state index in [1.54, 1.807) is 19.1 Å². The van der Waals surface area contributed by atoms with Crippen molar-refractivity contribution in [2.24, 2.45) is 0 Å². The van der Waals surface area contributed by atoms with Crippen LogP contribution in [0.5, 0.6) is 0 Å². The highest BCUT2D eigenvalue weighted by molar-refractivity contribution is 5.76. The van der Waals surface area contributed by atoms with Crippen LogP contribution in [-0.4, -0.2) is 28.4 Å². The van der Waals surface area contributed by atoms with Crippen LogP contribution in [0, 0.1) is 5.82 Å². The Labute approximate surface area is 105 Å². The van der Waals surface area contributed by atoms with Crippen LogP contribution in [0.4, 0.5) is 4.39 Å². The zero-order valence-electron chi connectivity index (χ0n) is 10.2. The Balaban J connectivity index is 2.68. The summed E-state index contributed by atoms with van der Waals surface area (Å²) in [6.07, 6.45) is 0.230. The molecular weight excluding hydrogens is 237 g/mol. The molecule has 0 aromatic heterocycles. The van der Waals surface area contributed by atoms with Gasteiger partial charge in [-0.2, -0.15) is 0 Å². The van der Waals surface area contributed by atoms with E-state index in [2.05, 4.69) is 0 Å². The number of amides is 1. The van der Waals surface area contributed by atoms with Crippen LogP contribution in [0.25, 0.3) is 0 Å². The first-order valence-corrected chi connectivity index (χ1v) is 5.77. The summed E-state index contributed by atoms with van der Waals surface area (Å²) in [5.41, 5.74) is 0.781. The maximum Gasteiger partial charge on any atom is 0.305 e. The average Bonchev–Trinajstić information content (AvgIpc) is 2.35. The van der Waals surface area contributed by atoms with E-state index < -0.39 is 5.97 Å². The molecule has 18 heavy (non-hydrogen) atoms. The molecule has 1 aromatic carbocycles. The molecular formula is C13H16FNO3. The smallest absolute Gasteiger partial charge is 0.305 e. The molecule has 0 aliphatic rings. The van der Waals surface area contributed by atoms with E-state index in [9.17, 15) is 14.0 Å². The van der Waals surface area contributed by atoms with E-state index in [0.29, 0.717) is 13.0 Å². The maximum absolute atomic E-state index is 12.7. The summed E-state index contributed by atoms with van der Waals surface area (Å²) in [7, 11) is 0. The van der Waals surface area contributed by atoms with E-state index in [1.165, 1.54) is 17.0 Å². The predicted molar refractivity (Wildman–Crippen MR) is 64.4 cm³/mol. The van der Waals surface area contributed by atoms with Crippen molar-refractivity contribution in [3.05, 3.63) is 35.6 Å². The number of halogens is 1. The van der Waals surface area contributed by atoms with Gasteiger partial charge in [-0.25, -0.2) is 4.39 Å². The van der Waals surface area contributed by atoms with Crippen molar-refractivity contribution in [3.8, 4) is 0 Å². The van der Waals surface area contributed by atoms with Gasteiger partial charge in [-0.3, -0.25) is 9.59 Å². The van der Waals surface area contributed by atoms with Crippen molar-refractivity contribution in [1.29, 1.82) is 0 Å². The van der Waals surface area contributed by atoms with Gasteiger partial charge in [-0.15, -0.1) is 0 Å². The van der Waals surface area contributed by atoms with E-state index >= 15 is 0 Å². The molecule has 0 bridgehead atoms. The van der Waals surface area contributed by atoms with Gasteiger partial charge in [-0.1, -0.05) is 19.1 Å². The monoisotopic (exact) mass is 253 g/mol. The molecule has 0 heterocycles. The van der Waals surface area contributed by atoms with Gasteiger partial charge in [0.15, 0.2) is 0 Å². The van der Waals surface area contributed by atoms with Crippen LogP contribution >= 0.6 is 0 Å². The number of hydrogen-bond acceptors (Lipinski definition) is 2. The first-order valence-electron chi connectivity index (χ1n) is 5.77. The Bertz CT molecular complexity index is 417. The third-order valence-corrected chi connectivity index (χ3v) is 2.54. The zero-order chi connectivity index (χ0) is 13.5. The topological polar surface area (TPSA) is 57.6 Å². The van der Waals surface area contributed by atoms with Gasteiger partial charge in [-0.05, 0) is 17.7 Å². The third kappa shape index (κ3) is 4.53. The van der Waals surface area contributed by atoms with Crippen molar-refractivity contribution in [3.63, 3.8) is 0 Å². The molecule has 0 aliphatic carbocycles. The number of carbonyl (C=O) groups is 2. The summed E-state index contributed by atoms with van der Waals surface area (Å²) in [5, 5.41) is 8.63. The minimum absolute atomic E-state index is 0.0903. The molecule has 1 aromatic rings. The van der Waals surface area contributed by atoms with Crippen molar-refractivity contribution < 1.29 is 19.1 Å². The second kappa shape index (κ2) is 6.74. The largest absolute Gasteiger partial charge is 0.481 e. The Kier molecular flexibility index (Phi) is 5.30. The van der Waals surface area contributed by atoms with Crippen LogP contribution < -0.4 is 0 Å². The summed E-state index contributed by atoms with van der Waals surface area (Å²) >= 11 is 0. The number of carboxylic acids is 1. The standard InChI is InChI=1S/C13H16FNO3/c1-2-12(16)15(8-7-13(17)18)9-10-3-5-11(14)6-4-10/h3-6H,2,7-9H2,1H3,(H,17,18). The number of rotatable bonds is 6. The fourth-order valence-corrected chi connectivity index (χ4v) is 1.56. The van der Waals surface area contributed by atoms with Gasteiger partial charge in [0.05, 0.1) is 6.42 Å². The number of benzene rings is 1. The van der Waals surface area contributed by atoms with Gasteiger partial charge in [0, 0.05) is 19.5 Å². The minimum Gasteiger partial charge on any atom is -0.481 e. The molecule has 1 N–H and O–H groups in total.